The third-order valence-electron chi connectivity index (χ3n) is 3.06. The highest BCUT2D eigenvalue weighted by molar-refractivity contribution is 5.13. The van der Waals surface area contributed by atoms with E-state index in [9.17, 15) is 0 Å². The van der Waals surface area contributed by atoms with Crippen LogP contribution in [0.3, 0.4) is 0 Å². The summed E-state index contributed by atoms with van der Waals surface area (Å²) in [5.41, 5.74) is 0.997. The lowest BCUT2D eigenvalue weighted by Crippen LogP contribution is -2.33. The van der Waals surface area contributed by atoms with Crippen LogP contribution >= 0.6 is 0 Å². The van der Waals surface area contributed by atoms with Crippen LogP contribution in [0.4, 0.5) is 0 Å². The zero-order valence-corrected chi connectivity index (χ0v) is 11.9. The van der Waals surface area contributed by atoms with Gasteiger partial charge in [-0.25, -0.2) is 4.98 Å². The number of likely N-dealkylation sites (N-methyl/N-ethyl adjacent to an activating group) is 1. The summed E-state index contributed by atoms with van der Waals surface area (Å²) >= 11 is 0. The number of ether oxygens (including phenoxy) is 1. The minimum atomic E-state index is 0.340. The summed E-state index contributed by atoms with van der Waals surface area (Å²) in [6.07, 6.45) is 5.58. The number of hydrogen-bond acceptors (Lipinski definition) is 4. The van der Waals surface area contributed by atoms with E-state index in [0.29, 0.717) is 24.4 Å². The second kappa shape index (κ2) is 8.03. The summed E-state index contributed by atoms with van der Waals surface area (Å²) in [7, 11) is 0. The molecule has 1 N–H and O–H groups in total. The van der Waals surface area contributed by atoms with E-state index in [1.54, 1.807) is 6.20 Å². The molecule has 0 radical (unpaired) electrons. The summed E-state index contributed by atoms with van der Waals surface area (Å²) < 4.78 is 5.53. The third kappa shape index (κ3) is 4.26. The molecule has 0 aliphatic heterocycles. The van der Waals surface area contributed by atoms with E-state index in [4.69, 9.17) is 4.74 Å². The predicted octanol–water partition coefficient (Wildman–Crippen LogP) is 2.76. The maximum atomic E-state index is 5.53. The van der Waals surface area contributed by atoms with Crippen LogP contribution in [0, 0.1) is 0 Å². The minimum absolute atomic E-state index is 0.340. The van der Waals surface area contributed by atoms with Crippen molar-refractivity contribution in [1.29, 1.82) is 0 Å². The van der Waals surface area contributed by atoms with E-state index < -0.39 is 0 Å². The lowest BCUT2D eigenvalue weighted by Gasteiger charge is -2.23. The Morgan fingerprint density at radius 1 is 1.28 bits per heavy atom. The van der Waals surface area contributed by atoms with Crippen LogP contribution in [0.5, 0.6) is 5.88 Å². The Kier molecular flexibility index (Phi) is 6.65. The van der Waals surface area contributed by atoms with Gasteiger partial charge in [0.1, 0.15) is 0 Å². The average molecular weight is 251 g/mol. The zero-order chi connectivity index (χ0) is 13.4. The van der Waals surface area contributed by atoms with Gasteiger partial charge in [-0.15, -0.1) is 0 Å². The molecule has 0 aliphatic rings. The van der Waals surface area contributed by atoms with Crippen molar-refractivity contribution in [3.05, 3.63) is 18.1 Å². The lowest BCUT2D eigenvalue weighted by atomic mass is 9.96. The van der Waals surface area contributed by atoms with Gasteiger partial charge in [-0.05, 0) is 19.4 Å². The fourth-order valence-electron chi connectivity index (χ4n) is 2.00. The normalized spacial score (nSPS) is 14.2. The molecule has 0 bridgehead atoms. The molecule has 0 saturated carbocycles. The molecular formula is C14H25N3O. The zero-order valence-electron chi connectivity index (χ0n) is 11.9. The topological polar surface area (TPSA) is 47.0 Å². The molecule has 2 atom stereocenters. The van der Waals surface area contributed by atoms with Gasteiger partial charge in [0, 0.05) is 18.2 Å². The Labute approximate surface area is 110 Å². The highest BCUT2D eigenvalue weighted by atomic mass is 16.5. The molecule has 0 aromatic carbocycles. The molecule has 102 valence electrons. The molecule has 0 saturated heterocycles. The summed E-state index contributed by atoms with van der Waals surface area (Å²) in [5, 5.41) is 3.48. The van der Waals surface area contributed by atoms with Crippen molar-refractivity contribution < 1.29 is 4.74 Å². The molecule has 0 spiro atoms. The Hall–Kier alpha value is -1.16. The van der Waals surface area contributed by atoms with Crippen molar-refractivity contribution in [3.63, 3.8) is 0 Å². The summed E-state index contributed by atoms with van der Waals surface area (Å²) in [6, 6.07) is 0.436. The molecule has 1 aromatic rings. The quantitative estimate of drug-likeness (QED) is 0.771. The van der Waals surface area contributed by atoms with E-state index in [1.807, 2.05) is 6.20 Å². The largest absolute Gasteiger partial charge is 0.477 e. The second-order valence-electron chi connectivity index (χ2n) is 4.49. The predicted molar refractivity (Wildman–Crippen MR) is 74.0 cm³/mol. The van der Waals surface area contributed by atoms with Crippen LogP contribution in [0.2, 0.25) is 0 Å². The SMILES string of the molecule is CCCOc1cncc(C(C)C(CC)NCC)n1. The van der Waals surface area contributed by atoms with Gasteiger partial charge in [0.25, 0.3) is 0 Å². The lowest BCUT2D eigenvalue weighted by molar-refractivity contribution is 0.301. The number of aromatic nitrogens is 2. The highest BCUT2D eigenvalue weighted by Crippen LogP contribution is 2.20. The van der Waals surface area contributed by atoms with Crippen LogP contribution in [0.15, 0.2) is 12.4 Å². The van der Waals surface area contributed by atoms with E-state index in [2.05, 4.69) is 43.0 Å². The van der Waals surface area contributed by atoms with E-state index in [1.165, 1.54) is 0 Å². The molecule has 1 rings (SSSR count). The maximum absolute atomic E-state index is 5.53. The van der Waals surface area contributed by atoms with Gasteiger partial charge < -0.3 is 10.1 Å². The smallest absolute Gasteiger partial charge is 0.232 e. The molecule has 0 amide bonds. The van der Waals surface area contributed by atoms with Crippen LogP contribution in [0.25, 0.3) is 0 Å². The van der Waals surface area contributed by atoms with E-state index in [0.717, 1.165) is 25.1 Å². The number of hydrogen-bond donors (Lipinski definition) is 1. The third-order valence-corrected chi connectivity index (χ3v) is 3.06. The van der Waals surface area contributed by atoms with Gasteiger partial charge >= 0.3 is 0 Å². The average Bonchev–Trinajstić information content (AvgIpc) is 2.42. The van der Waals surface area contributed by atoms with Gasteiger partial charge in [-0.3, -0.25) is 4.98 Å². The first-order chi connectivity index (χ1) is 8.72. The Bertz CT molecular complexity index is 344. The maximum Gasteiger partial charge on any atom is 0.232 e. The molecule has 0 fully saturated rings. The molecule has 2 unspecified atom stereocenters. The molecular weight excluding hydrogens is 226 g/mol. The summed E-state index contributed by atoms with van der Waals surface area (Å²) in [4.78, 5) is 8.76. The second-order valence-corrected chi connectivity index (χ2v) is 4.49. The van der Waals surface area contributed by atoms with Crippen molar-refractivity contribution in [3.8, 4) is 5.88 Å². The molecule has 0 aliphatic carbocycles. The first kappa shape index (κ1) is 14.9. The van der Waals surface area contributed by atoms with E-state index >= 15 is 0 Å². The molecule has 4 nitrogen and oxygen atoms in total. The summed E-state index contributed by atoms with van der Waals surface area (Å²) in [6.45, 7) is 10.2. The van der Waals surface area contributed by atoms with Gasteiger partial charge in [0.05, 0.1) is 18.5 Å². The number of nitrogens with one attached hydrogen (secondary N) is 1. The van der Waals surface area contributed by atoms with Gasteiger partial charge in [0.15, 0.2) is 0 Å². The van der Waals surface area contributed by atoms with Crippen molar-refractivity contribution in [2.45, 2.75) is 52.5 Å². The molecule has 1 heterocycles. The minimum Gasteiger partial charge on any atom is -0.477 e. The monoisotopic (exact) mass is 251 g/mol. The first-order valence-electron chi connectivity index (χ1n) is 6.90. The number of nitrogens with zero attached hydrogens (tertiary/aromatic N) is 2. The Morgan fingerprint density at radius 3 is 2.67 bits per heavy atom. The first-order valence-corrected chi connectivity index (χ1v) is 6.90. The van der Waals surface area contributed by atoms with Gasteiger partial charge in [-0.2, -0.15) is 0 Å². The van der Waals surface area contributed by atoms with Crippen molar-refractivity contribution >= 4 is 0 Å². The molecule has 1 aromatic heterocycles. The van der Waals surface area contributed by atoms with Crippen molar-refractivity contribution in [2.75, 3.05) is 13.2 Å². The Morgan fingerprint density at radius 2 is 2.06 bits per heavy atom. The fraction of sp³-hybridized carbons (Fsp3) is 0.714. The Balaban J connectivity index is 2.74. The van der Waals surface area contributed by atoms with Gasteiger partial charge in [0.2, 0.25) is 5.88 Å². The van der Waals surface area contributed by atoms with Crippen LogP contribution in [-0.4, -0.2) is 29.2 Å². The van der Waals surface area contributed by atoms with Crippen molar-refractivity contribution in [1.82, 2.24) is 15.3 Å². The number of rotatable bonds is 8. The molecule has 4 heteroatoms. The van der Waals surface area contributed by atoms with Crippen LogP contribution in [0.1, 0.15) is 52.1 Å². The van der Waals surface area contributed by atoms with Crippen LogP contribution in [-0.2, 0) is 0 Å². The van der Waals surface area contributed by atoms with Crippen molar-refractivity contribution in [2.24, 2.45) is 0 Å². The standard InChI is InChI=1S/C14H25N3O/c1-5-8-18-14-10-15-9-13(17-14)11(4)12(6-2)16-7-3/h9-12,16H,5-8H2,1-4H3. The van der Waals surface area contributed by atoms with Crippen LogP contribution < -0.4 is 10.1 Å². The highest BCUT2D eigenvalue weighted by Gasteiger charge is 2.18. The molecule has 18 heavy (non-hydrogen) atoms. The van der Waals surface area contributed by atoms with E-state index in [-0.39, 0.29) is 0 Å². The summed E-state index contributed by atoms with van der Waals surface area (Å²) in [5.74, 6) is 0.972. The fourth-order valence-corrected chi connectivity index (χ4v) is 2.00. The van der Waals surface area contributed by atoms with Gasteiger partial charge in [-0.1, -0.05) is 27.7 Å².